The van der Waals surface area contributed by atoms with E-state index in [1.807, 2.05) is 6.92 Å². The Bertz CT molecular complexity index is 947. The molecule has 2 aliphatic rings. The van der Waals surface area contributed by atoms with E-state index in [0.29, 0.717) is 17.7 Å². The summed E-state index contributed by atoms with van der Waals surface area (Å²) in [5.41, 5.74) is 1.87. The molecule has 0 saturated heterocycles. The molecule has 1 N–H and O–H groups in total. The predicted octanol–water partition coefficient (Wildman–Crippen LogP) is 2.44. The van der Waals surface area contributed by atoms with Gasteiger partial charge in [0.05, 0.1) is 5.69 Å². The van der Waals surface area contributed by atoms with Gasteiger partial charge in [-0.05, 0) is 49.2 Å². The molecule has 2 aromatic rings. The number of hydrazone groups is 2. The van der Waals surface area contributed by atoms with Crippen LogP contribution in [0, 0.1) is 13.8 Å². The maximum absolute atomic E-state index is 15.4. The number of aromatic amines is 1. The zero-order valence-electron chi connectivity index (χ0n) is 13.9. The highest BCUT2D eigenvalue weighted by Gasteiger charge is 2.70. The van der Waals surface area contributed by atoms with Gasteiger partial charge < -0.3 is 31.4 Å². The molecule has 11 heteroatoms. The van der Waals surface area contributed by atoms with Gasteiger partial charge in [0.1, 0.15) is 5.69 Å². The molecule has 0 radical (unpaired) electrons. The van der Waals surface area contributed by atoms with Crippen molar-refractivity contribution in [3.8, 4) is 0 Å². The second-order valence-electron chi connectivity index (χ2n) is 6.31. The van der Waals surface area contributed by atoms with E-state index in [0.717, 1.165) is 16.3 Å². The molecule has 0 bridgehead atoms. The van der Waals surface area contributed by atoms with Crippen LogP contribution in [0.1, 0.15) is 35.1 Å². The van der Waals surface area contributed by atoms with Crippen LogP contribution in [0.3, 0.4) is 0 Å². The van der Waals surface area contributed by atoms with E-state index in [1.165, 1.54) is 18.3 Å². The molecule has 0 aliphatic carbocycles. The second kappa shape index (κ2) is 4.80. The molecule has 0 amide bonds. The minimum Gasteiger partial charge on any atom is -0.545 e. The van der Waals surface area contributed by atoms with Gasteiger partial charge >= 0.3 is 19.9 Å². The van der Waals surface area contributed by atoms with E-state index in [4.69, 9.17) is 0 Å². The summed E-state index contributed by atoms with van der Waals surface area (Å²) >= 11 is 0. The number of fused-ring (bicyclic) bond motifs is 2. The first-order valence-electron chi connectivity index (χ1n) is 8.06. The summed E-state index contributed by atoms with van der Waals surface area (Å²) in [6, 6.07) is 2.95. The number of hydrogen-bond donors (Lipinski definition) is 1. The van der Waals surface area contributed by atoms with Crippen molar-refractivity contribution in [2.75, 3.05) is 0 Å². The summed E-state index contributed by atoms with van der Waals surface area (Å²) in [7, 11) is -4.65. The van der Waals surface area contributed by atoms with Gasteiger partial charge in [-0.25, -0.2) is 0 Å². The largest absolute Gasteiger partial charge is 0.890 e. The molecule has 0 saturated carbocycles. The first kappa shape index (κ1) is 16.0. The molecule has 4 rings (SSSR count). The smallest absolute Gasteiger partial charge is 0.545 e. The zero-order chi connectivity index (χ0) is 18.1. The van der Waals surface area contributed by atoms with Gasteiger partial charge in [-0.3, -0.25) is 0 Å². The summed E-state index contributed by atoms with van der Waals surface area (Å²) in [5, 5.41) is 0. The molecule has 0 unspecified atom stereocenters. The fourth-order valence-electron chi connectivity index (χ4n) is 3.84. The molecule has 4 heterocycles. The van der Waals surface area contributed by atoms with Gasteiger partial charge in [-0.2, -0.15) is 0 Å². The summed E-state index contributed by atoms with van der Waals surface area (Å²) in [4.78, 5) is 2.65. The number of rotatable bonds is 2. The highest BCUT2D eigenvalue weighted by Crippen LogP contribution is 2.34. The fourth-order valence-corrected chi connectivity index (χ4v) is 3.84. The number of hydrogen-bond acceptors (Lipinski definition) is 1. The standard InChI is InChI=1S/C14H16B2F4N4O/c1-4-11-9(2)13-8-22-16(19,20)25-14(12-6-5-7-21-12)24(22)15(17,18)23(13)10(11)3/h5-8,21H,4H2,1-3H3. The van der Waals surface area contributed by atoms with Crippen LogP contribution < -0.4 is 0 Å². The van der Waals surface area contributed by atoms with E-state index < -0.39 is 19.9 Å². The SMILES string of the molecule is CCc1c(C)c2n(c1C)[B-](F)(F)[N+]1=C(c3ccc[nH]3)O[B-](F)(F)[N+]1=C2. The van der Waals surface area contributed by atoms with Gasteiger partial charge in [-0.15, -0.1) is 9.19 Å². The first-order chi connectivity index (χ1) is 11.7. The Balaban J connectivity index is 2.08. The Hall–Kier alpha value is -2.45. The molecule has 2 aliphatic heterocycles. The maximum atomic E-state index is 15.4. The van der Waals surface area contributed by atoms with E-state index in [-0.39, 0.29) is 20.6 Å². The van der Waals surface area contributed by atoms with Gasteiger partial charge in [0.2, 0.25) is 0 Å². The van der Waals surface area contributed by atoms with E-state index >= 15 is 8.63 Å². The van der Waals surface area contributed by atoms with Crippen molar-refractivity contribution in [3.63, 3.8) is 0 Å². The third kappa shape index (κ3) is 1.92. The van der Waals surface area contributed by atoms with Crippen molar-refractivity contribution < 1.29 is 31.1 Å². The summed E-state index contributed by atoms with van der Waals surface area (Å²) in [5.74, 6) is -0.578. The molecule has 2 aromatic heterocycles. The second-order valence-corrected chi connectivity index (χ2v) is 6.31. The van der Waals surface area contributed by atoms with Crippen LogP contribution >= 0.6 is 0 Å². The summed E-state index contributed by atoms with van der Waals surface area (Å²) in [6.45, 7) is 0.571. The van der Waals surface area contributed by atoms with Crippen LogP contribution in [0.5, 0.6) is 0 Å². The predicted molar refractivity (Wildman–Crippen MR) is 86.3 cm³/mol. The average molecular weight is 354 g/mol. The molecule has 0 aromatic carbocycles. The van der Waals surface area contributed by atoms with Crippen LogP contribution in [0.4, 0.5) is 17.3 Å². The van der Waals surface area contributed by atoms with Crippen LogP contribution in [-0.4, -0.2) is 44.8 Å². The monoisotopic (exact) mass is 354 g/mol. The molecule has 0 atom stereocenters. The topological polar surface area (TPSA) is 36.0 Å². The molecule has 0 spiro atoms. The number of nitrogens with zero attached hydrogens (tertiary/aromatic N) is 3. The zero-order valence-corrected chi connectivity index (χ0v) is 13.9. The maximum Gasteiger partial charge on any atom is 0.890 e. The van der Waals surface area contributed by atoms with Crippen LogP contribution in [0.2, 0.25) is 0 Å². The van der Waals surface area contributed by atoms with E-state index in [2.05, 4.69) is 9.64 Å². The van der Waals surface area contributed by atoms with Crippen molar-refractivity contribution >= 4 is 26.1 Å². The fraction of sp³-hybridized carbons (Fsp3) is 0.286. The number of halogens is 4. The minimum atomic E-state index is -4.65. The van der Waals surface area contributed by atoms with Crippen molar-refractivity contribution in [2.45, 2.75) is 27.2 Å². The Labute approximate surface area is 141 Å². The van der Waals surface area contributed by atoms with Crippen LogP contribution in [0.25, 0.3) is 0 Å². The third-order valence-electron chi connectivity index (χ3n) is 4.95. The summed E-state index contributed by atoms with van der Waals surface area (Å²) < 4.78 is 65.6. The summed E-state index contributed by atoms with van der Waals surface area (Å²) in [6.07, 6.45) is 3.06. The highest BCUT2D eigenvalue weighted by molar-refractivity contribution is 6.61. The quantitative estimate of drug-likeness (QED) is 0.653. The number of hydrazine groups is 1. The minimum absolute atomic E-state index is 0.0692. The molecule has 0 fully saturated rings. The Morgan fingerprint density at radius 1 is 1.24 bits per heavy atom. The van der Waals surface area contributed by atoms with Crippen molar-refractivity contribution in [1.29, 1.82) is 0 Å². The Morgan fingerprint density at radius 2 is 1.96 bits per heavy atom. The van der Waals surface area contributed by atoms with E-state index in [1.54, 1.807) is 13.8 Å². The Morgan fingerprint density at radius 3 is 2.56 bits per heavy atom. The molecular formula is C14H16B2F4N4O. The van der Waals surface area contributed by atoms with Gasteiger partial charge in [0.15, 0.2) is 6.21 Å². The molecule has 132 valence electrons. The normalized spacial score (nSPS) is 20.2. The number of H-pyrrole nitrogens is 1. The molecular weight excluding hydrogens is 338 g/mol. The Kier molecular flexibility index (Phi) is 3.08. The van der Waals surface area contributed by atoms with Crippen LogP contribution in [-0.2, 0) is 11.1 Å². The number of nitrogens with one attached hydrogen (secondary N) is 1. The van der Waals surface area contributed by atoms with Crippen LogP contribution in [0.15, 0.2) is 18.3 Å². The lowest BCUT2D eigenvalue weighted by atomic mass is 9.93. The highest BCUT2D eigenvalue weighted by atomic mass is 19.3. The molecule has 5 nitrogen and oxygen atoms in total. The molecule has 25 heavy (non-hydrogen) atoms. The van der Waals surface area contributed by atoms with Gasteiger partial charge in [0.25, 0.3) is 0 Å². The lowest BCUT2D eigenvalue weighted by molar-refractivity contribution is -1.01. The first-order valence-corrected chi connectivity index (χ1v) is 8.06. The van der Waals surface area contributed by atoms with Crippen molar-refractivity contribution in [2.24, 2.45) is 0 Å². The lowest BCUT2D eigenvalue weighted by Crippen LogP contribution is -2.59. The van der Waals surface area contributed by atoms with Crippen molar-refractivity contribution in [1.82, 2.24) is 9.46 Å². The lowest BCUT2D eigenvalue weighted by Gasteiger charge is -2.26. The van der Waals surface area contributed by atoms with Gasteiger partial charge in [-0.1, -0.05) is 6.92 Å². The van der Waals surface area contributed by atoms with Gasteiger partial charge in [0, 0.05) is 6.20 Å². The third-order valence-corrected chi connectivity index (χ3v) is 4.95. The average Bonchev–Trinajstić information content (AvgIpc) is 3.18. The van der Waals surface area contributed by atoms with Crippen molar-refractivity contribution in [3.05, 3.63) is 46.5 Å². The van der Waals surface area contributed by atoms with E-state index in [9.17, 15) is 8.63 Å². The number of aromatic nitrogens is 2.